The van der Waals surface area contributed by atoms with Crippen LogP contribution < -0.4 is 4.72 Å². The Kier molecular flexibility index (Phi) is 6.74. The highest BCUT2D eigenvalue weighted by Gasteiger charge is 2.23. The Morgan fingerprint density at radius 1 is 0.889 bits per heavy atom. The van der Waals surface area contributed by atoms with E-state index in [1.807, 2.05) is 0 Å². The molecule has 2 rings (SSSR count). The van der Waals surface area contributed by atoms with Crippen LogP contribution in [0.1, 0.15) is 32.4 Å². The predicted molar refractivity (Wildman–Crippen MR) is 102 cm³/mol. The molecule has 0 amide bonds. The van der Waals surface area contributed by atoms with Crippen molar-refractivity contribution >= 4 is 20.0 Å². The summed E-state index contributed by atoms with van der Waals surface area (Å²) >= 11 is 0. The van der Waals surface area contributed by atoms with Crippen LogP contribution in [0.4, 0.5) is 4.39 Å². The normalized spacial score (nSPS) is 13.7. The van der Waals surface area contributed by atoms with E-state index >= 15 is 0 Å². The molecule has 1 atom stereocenters. The molecule has 2 aromatic carbocycles. The second-order valence-electron chi connectivity index (χ2n) is 5.96. The van der Waals surface area contributed by atoms with E-state index in [1.165, 1.54) is 52.8 Å². The van der Waals surface area contributed by atoms with Crippen molar-refractivity contribution in [3.63, 3.8) is 0 Å². The smallest absolute Gasteiger partial charge is 0.207 e. The Morgan fingerprint density at radius 3 is 1.85 bits per heavy atom. The third-order valence-corrected chi connectivity index (χ3v) is 7.80. The molecular weight excluding hydrogens is 391 g/mol. The van der Waals surface area contributed by atoms with Crippen LogP contribution in [0.5, 0.6) is 0 Å². The maximum atomic E-state index is 13.0. The van der Waals surface area contributed by atoms with E-state index in [0.717, 1.165) is 0 Å². The van der Waals surface area contributed by atoms with Gasteiger partial charge in [0.05, 0.1) is 9.79 Å². The first-order chi connectivity index (χ1) is 12.6. The van der Waals surface area contributed by atoms with E-state index in [4.69, 9.17) is 0 Å². The number of hydrogen-bond donors (Lipinski definition) is 1. The highest BCUT2D eigenvalue weighted by Crippen LogP contribution is 2.21. The summed E-state index contributed by atoms with van der Waals surface area (Å²) in [7, 11) is -7.51. The van der Waals surface area contributed by atoms with Crippen LogP contribution in [0.25, 0.3) is 0 Å². The van der Waals surface area contributed by atoms with Gasteiger partial charge in [-0.2, -0.15) is 4.31 Å². The first-order valence-electron chi connectivity index (χ1n) is 8.49. The molecule has 1 N–H and O–H groups in total. The molecule has 0 aliphatic carbocycles. The van der Waals surface area contributed by atoms with Gasteiger partial charge in [0, 0.05) is 19.1 Å². The topological polar surface area (TPSA) is 83.6 Å². The molecule has 0 aliphatic heterocycles. The van der Waals surface area contributed by atoms with Gasteiger partial charge in [-0.3, -0.25) is 0 Å². The van der Waals surface area contributed by atoms with Crippen molar-refractivity contribution in [2.75, 3.05) is 13.1 Å². The van der Waals surface area contributed by atoms with Gasteiger partial charge in [0.25, 0.3) is 0 Å². The number of rotatable bonds is 8. The van der Waals surface area contributed by atoms with Crippen molar-refractivity contribution in [2.24, 2.45) is 0 Å². The Hall–Kier alpha value is -1.81. The molecule has 0 bridgehead atoms. The number of benzene rings is 2. The molecular formula is C18H23FN2O4S2. The molecule has 0 heterocycles. The van der Waals surface area contributed by atoms with E-state index < -0.39 is 31.9 Å². The van der Waals surface area contributed by atoms with Crippen molar-refractivity contribution in [1.82, 2.24) is 9.03 Å². The molecule has 0 aromatic heterocycles. The summed E-state index contributed by atoms with van der Waals surface area (Å²) in [6, 6.07) is 10.0. The molecule has 2 aromatic rings. The third-order valence-electron chi connectivity index (χ3n) is 4.18. The van der Waals surface area contributed by atoms with E-state index in [-0.39, 0.29) is 9.79 Å². The lowest BCUT2D eigenvalue weighted by Crippen LogP contribution is -2.30. The summed E-state index contributed by atoms with van der Waals surface area (Å²) in [5, 5.41) is 0. The monoisotopic (exact) mass is 414 g/mol. The van der Waals surface area contributed by atoms with Crippen LogP contribution in [-0.4, -0.2) is 34.2 Å². The predicted octanol–water partition coefficient (Wildman–Crippen LogP) is 2.90. The quantitative estimate of drug-likeness (QED) is 0.720. The van der Waals surface area contributed by atoms with Gasteiger partial charge >= 0.3 is 0 Å². The highest BCUT2D eigenvalue weighted by molar-refractivity contribution is 7.89. The van der Waals surface area contributed by atoms with Gasteiger partial charge in [-0.15, -0.1) is 0 Å². The minimum atomic E-state index is -3.86. The minimum Gasteiger partial charge on any atom is -0.207 e. The van der Waals surface area contributed by atoms with Crippen LogP contribution in [0, 0.1) is 5.82 Å². The number of nitrogens with one attached hydrogen (secondary N) is 1. The summed E-state index contributed by atoms with van der Waals surface area (Å²) in [4.78, 5) is -0.00769. The first kappa shape index (κ1) is 21.5. The largest absolute Gasteiger partial charge is 0.243 e. The van der Waals surface area contributed by atoms with Crippen LogP contribution in [-0.2, 0) is 20.0 Å². The van der Waals surface area contributed by atoms with Crippen molar-refractivity contribution in [2.45, 2.75) is 36.6 Å². The molecule has 27 heavy (non-hydrogen) atoms. The number of halogens is 1. The van der Waals surface area contributed by atoms with E-state index in [9.17, 15) is 21.2 Å². The zero-order valence-corrected chi connectivity index (χ0v) is 17.0. The zero-order chi connectivity index (χ0) is 20.2. The second-order valence-corrected chi connectivity index (χ2v) is 9.61. The van der Waals surface area contributed by atoms with E-state index in [0.29, 0.717) is 18.7 Å². The van der Waals surface area contributed by atoms with Crippen LogP contribution >= 0.6 is 0 Å². The second kappa shape index (κ2) is 8.47. The van der Waals surface area contributed by atoms with Gasteiger partial charge in [-0.05, 0) is 48.9 Å². The SMILES string of the molecule is CCN(CC)S(=O)(=O)c1ccc(S(=O)(=O)N[C@@H](C)c2ccc(F)cc2)cc1. The van der Waals surface area contributed by atoms with Crippen LogP contribution in [0.2, 0.25) is 0 Å². The Bertz CT molecular complexity index is 969. The highest BCUT2D eigenvalue weighted by atomic mass is 32.2. The molecule has 9 heteroatoms. The lowest BCUT2D eigenvalue weighted by atomic mass is 10.1. The maximum Gasteiger partial charge on any atom is 0.243 e. The summed E-state index contributed by atoms with van der Waals surface area (Å²) in [5.74, 6) is -0.404. The number of sulfonamides is 2. The van der Waals surface area contributed by atoms with E-state index in [1.54, 1.807) is 20.8 Å². The lowest BCUT2D eigenvalue weighted by molar-refractivity contribution is 0.445. The fourth-order valence-corrected chi connectivity index (χ4v) is 5.31. The molecule has 0 saturated carbocycles. The zero-order valence-electron chi connectivity index (χ0n) is 15.4. The minimum absolute atomic E-state index is 0.0386. The molecule has 0 radical (unpaired) electrons. The van der Waals surface area contributed by atoms with Gasteiger partial charge in [-0.25, -0.2) is 25.9 Å². The van der Waals surface area contributed by atoms with Gasteiger partial charge in [0.1, 0.15) is 5.82 Å². The maximum absolute atomic E-state index is 13.0. The third kappa shape index (κ3) is 4.92. The molecule has 0 spiro atoms. The van der Waals surface area contributed by atoms with E-state index in [2.05, 4.69) is 4.72 Å². The fraction of sp³-hybridized carbons (Fsp3) is 0.333. The van der Waals surface area contributed by atoms with Crippen LogP contribution in [0.15, 0.2) is 58.3 Å². The lowest BCUT2D eigenvalue weighted by Gasteiger charge is -2.19. The molecule has 148 valence electrons. The van der Waals surface area contributed by atoms with Gasteiger partial charge in [0.2, 0.25) is 20.0 Å². The Labute approximate surface area is 160 Å². The molecule has 0 fully saturated rings. The van der Waals surface area contributed by atoms with Crippen molar-refractivity contribution in [1.29, 1.82) is 0 Å². The Balaban J connectivity index is 2.23. The van der Waals surface area contributed by atoms with Crippen molar-refractivity contribution < 1.29 is 21.2 Å². The van der Waals surface area contributed by atoms with Gasteiger partial charge < -0.3 is 0 Å². The average molecular weight is 415 g/mol. The standard InChI is InChI=1S/C18H23FN2O4S2/c1-4-21(5-2)27(24,25)18-12-10-17(11-13-18)26(22,23)20-14(3)15-6-8-16(19)9-7-15/h6-14,20H,4-5H2,1-3H3/t14-/m0/s1. The van der Waals surface area contributed by atoms with Crippen molar-refractivity contribution in [3.05, 3.63) is 59.9 Å². The van der Waals surface area contributed by atoms with Crippen molar-refractivity contribution in [3.8, 4) is 0 Å². The van der Waals surface area contributed by atoms with Gasteiger partial charge in [0.15, 0.2) is 0 Å². The summed E-state index contributed by atoms with van der Waals surface area (Å²) < 4.78 is 66.8. The molecule has 6 nitrogen and oxygen atoms in total. The Morgan fingerprint density at radius 2 is 1.37 bits per heavy atom. The summed E-state index contributed by atoms with van der Waals surface area (Å²) in [6.45, 7) is 5.77. The molecule has 0 aliphatic rings. The van der Waals surface area contributed by atoms with Crippen LogP contribution in [0.3, 0.4) is 0 Å². The number of nitrogens with zero attached hydrogens (tertiary/aromatic N) is 1. The molecule has 0 unspecified atom stereocenters. The summed E-state index contributed by atoms with van der Waals surface area (Å²) in [6.07, 6.45) is 0. The first-order valence-corrected chi connectivity index (χ1v) is 11.4. The fourth-order valence-electron chi connectivity index (χ4n) is 2.62. The average Bonchev–Trinajstić information content (AvgIpc) is 2.62. The van der Waals surface area contributed by atoms with Gasteiger partial charge in [-0.1, -0.05) is 26.0 Å². The molecule has 0 saturated heterocycles. The number of hydrogen-bond acceptors (Lipinski definition) is 4. The summed E-state index contributed by atoms with van der Waals surface area (Å²) in [5.41, 5.74) is 0.612.